The van der Waals surface area contributed by atoms with Crippen molar-refractivity contribution in [2.75, 3.05) is 0 Å². The molecule has 0 atom stereocenters. The molecule has 0 N–H and O–H groups in total. The fourth-order valence-electron chi connectivity index (χ4n) is 1.66. The average molecular weight is 341 g/mol. The lowest BCUT2D eigenvalue weighted by molar-refractivity contribution is -0.187. The van der Waals surface area contributed by atoms with Crippen molar-refractivity contribution in [1.82, 2.24) is 0 Å². The number of hydrogen-bond donors (Lipinski definition) is 0. The first kappa shape index (κ1) is 16.5. The first-order chi connectivity index (χ1) is 10.1. The SMILES string of the molecule is Cc1ccc(C(F)(F)Oc2cc(F)c(Cl)c(F)c2)c(F)c1F. The number of hydrogen-bond acceptors (Lipinski definition) is 1. The van der Waals surface area contributed by atoms with Gasteiger partial charge in [-0.05, 0) is 18.6 Å². The van der Waals surface area contributed by atoms with E-state index in [2.05, 4.69) is 4.74 Å². The van der Waals surface area contributed by atoms with E-state index < -0.39 is 45.7 Å². The van der Waals surface area contributed by atoms with Gasteiger partial charge in [0.2, 0.25) is 0 Å². The lowest BCUT2D eigenvalue weighted by atomic mass is 10.1. The van der Waals surface area contributed by atoms with Crippen molar-refractivity contribution in [1.29, 1.82) is 0 Å². The Morgan fingerprint density at radius 1 is 0.955 bits per heavy atom. The van der Waals surface area contributed by atoms with Gasteiger partial charge >= 0.3 is 6.11 Å². The number of benzene rings is 2. The molecule has 2 rings (SSSR count). The standard InChI is InChI=1S/C14H7ClF6O/c1-6-2-3-8(13(19)12(6)18)14(20,21)22-7-4-9(16)11(15)10(17)5-7/h2-5H,1H3. The predicted molar refractivity (Wildman–Crippen MR) is 67.0 cm³/mol. The Morgan fingerprint density at radius 3 is 2.05 bits per heavy atom. The maximum atomic E-state index is 13.9. The topological polar surface area (TPSA) is 9.23 Å². The summed E-state index contributed by atoms with van der Waals surface area (Å²) in [6, 6.07) is 2.36. The highest BCUT2D eigenvalue weighted by Crippen LogP contribution is 2.36. The van der Waals surface area contributed by atoms with E-state index in [-0.39, 0.29) is 5.56 Å². The summed E-state index contributed by atoms with van der Waals surface area (Å²) in [6.45, 7) is 1.19. The number of aryl methyl sites for hydroxylation is 1. The van der Waals surface area contributed by atoms with E-state index in [0.717, 1.165) is 6.07 Å². The molecule has 8 heteroatoms. The Labute approximate surface area is 126 Å². The predicted octanol–water partition coefficient (Wildman–Crippen LogP) is 5.33. The second-order valence-electron chi connectivity index (χ2n) is 4.38. The van der Waals surface area contributed by atoms with Crippen LogP contribution in [0.25, 0.3) is 0 Å². The molecule has 0 unspecified atom stereocenters. The Hall–Kier alpha value is -1.89. The van der Waals surface area contributed by atoms with Crippen LogP contribution in [0.3, 0.4) is 0 Å². The van der Waals surface area contributed by atoms with Gasteiger partial charge in [-0.15, -0.1) is 0 Å². The minimum Gasteiger partial charge on any atom is -0.429 e. The second kappa shape index (κ2) is 5.72. The summed E-state index contributed by atoms with van der Waals surface area (Å²) in [5.41, 5.74) is -1.58. The van der Waals surface area contributed by atoms with Crippen molar-refractivity contribution >= 4 is 11.6 Å². The molecular weight excluding hydrogens is 334 g/mol. The maximum Gasteiger partial charge on any atom is 0.429 e. The lowest BCUT2D eigenvalue weighted by Crippen LogP contribution is -2.24. The average Bonchev–Trinajstić information content (AvgIpc) is 2.41. The fraction of sp³-hybridized carbons (Fsp3) is 0.143. The highest BCUT2D eigenvalue weighted by molar-refractivity contribution is 6.30. The molecule has 0 heterocycles. The molecule has 0 bridgehead atoms. The highest BCUT2D eigenvalue weighted by Gasteiger charge is 2.39. The lowest BCUT2D eigenvalue weighted by Gasteiger charge is -2.19. The van der Waals surface area contributed by atoms with Crippen LogP contribution in [-0.4, -0.2) is 0 Å². The van der Waals surface area contributed by atoms with Gasteiger partial charge in [-0.25, -0.2) is 17.6 Å². The van der Waals surface area contributed by atoms with Crippen LogP contribution in [0.15, 0.2) is 24.3 Å². The molecule has 0 spiro atoms. The minimum absolute atomic E-state index is 0.180. The molecule has 2 aromatic carbocycles. The number of alkyl halides is 2. The quantitative estimate of drug-likeness (QED) is 0.542. The van der Waals surface area contributed by atoms with E-state index in [9.17, 15) is 26.3 Å². The summed E-state index contributed by atoms with van der Waals surface area (Å²) in [5, 5.41) is -0.900. The maximum absolute atomic E-state index is 13.9. The molecule has 0 aliphatic rings. The van der Waals surface area contributed by atoms with Gasteiger partial charge in [0.05, 0.1) is 0 Å². The molecule has 0 saturated heterocycles. The zero-order valence-corrected chi connectivity index (χ0v) is 11.6. The summed E-state index contributed by atoms with van der Waals surface area (Å²) in [7, 11) is 0. The first-order valence-electron chi connectivity index (χ1n) is 5.80. The number of halogens is 7. The van der Waals surface area contributed by atoms with Crippen molar-refractivity contribution in [3.8, 4) is 5.75 Å². The molecule has 1 nitrogen and oxygen atoms in total. The highest BCUT2D eigenvalue weighted by atomic mass is 35.5. The zero-order chi connectivity index (χ0) is 16.7. The molecule has 118 valence electrons. The molecule has 2 aromatic rings. The van der Waals surface area contributed by atoms with Crippen LogP contribution in [0.4, 0.5) is 26.3 Å². The molecule has 0 aliphatic carbocycles. The van der Waals surface area contributed by atoms with E-state index in [4.69, 9.17) is 11.6 Å². The molecule has 0 saturated carbocycles. The Balaban J connectivity index is 2.42. The molecule has 0 radical (unpaired) electrons. The largest absolute Gasteiger partial charge is 0.429 e. The summed E-state index contributed by atoms with van der Waals surface area (Å²) < 4.78 is 85.1. The third-order valence-electron chi connectivity index (χ3n) is 2.79. The molecule has 0 fully saturated rings. The van der Waals surface area contributed by atoms with Crippen LogP contribution < -0.4 is 4.74 Å². The minimum atomic E-state index is -4.34. The summed E-state index contributed by atoms with van der Waals surface area (Å²) in [5.74, 6) is -6.86. The Morgan fingerprint density at radius 2 is 1.50 bits per heavy atom. The third kappa shape index (κ3) is 2.99. The molecule has 0 amide bonds. The van der Waals surface area contributed by atoms with Crippen molar-refractivity contribution in [3.05, 3.63) is 63.7 Å². The first-order valence-corrected chi connectivity index (χ1v) is 6.17. The normalized spacial score (nSPS) is 11.6. The van der Waals surface area contributed by atoms with Gasteiger partial charge < -0.3 is 4.74 Å². The summed E-state index contributed by atoms with van der Waals surface area (Å²) >= 11 is 5.20. The molecule has 22 heavy (non-hydrogen) atoms. The van der Waals surface area contributed by atoms with Gasteiger partial charge in [-0.2, -0.15) is 8.78 Å². The summed E-state index contributed by atoms with van der Waals surface area (Å²) in [6.07, 6.45) is -4.34. The second-order valence-corrected chi connectivity index (χ2v) is 4.76. The van der Waals surface area contributed by atoms with Crippen LogP contribution >= 0.6 is 11.6 Å². The summed E-state index contributed by atoms with van der Waals surface area (Å²) in [4.78, 5) is 0. The third-order valence-corrected chi connectivity index (χ3v) is 3.15. The van der Waals surface area contributed by atoms with Gasteiger partial charge in [0, 0.05) is 12.1 Å². The van der Waals surface area contributed by atoms with Gasteiger partial charge in [0.1, 0.15) is 28.0 Å². The van der Waals surface area contributed by atoms with E-state index >= 15 is 0 Å². The van der Waals surface area contributed by atoms with Crippen molar-refractivity contribution in [3.63, 3.8) is 0 Å². The van der Waals surface area contributed by atoms with Crippen LogP contribution in [0.1, 0.15) is 11.1 Å². The van der Waals surface area contributed by atoms with Crippen LogP contribution in [0, 0.1) is 30.2 Å². The Bertz CT molecular complexity index is 709. The van der Waals surface area contributed by atoms with Crippen molar-refractivity contribution in [2.45, 2.75) is 13.0 Å². The van der Waals surface area contributed by atoms with Gasteiger partial charge in [0.15, 0.2) is 11.6 Å². The monoisotopic (exact) mass is 340 g/mol. The van der Waals surface area contributed by atoms with Gasteiger partial charge in [-0.1, -0.05) is 17.7 Å². The van der Waals surface area contributed by atoms with E-state index in [1.807, 2.05) is 0 Å². The smallest absolute Gasteiger partial charge is 0.429 e. The van der Waals surface area contributed by atoms with E-state index in [1.165, 1.54) is 6.92 Å². The van der Waals surface area contributed by atoms with Crippen molar-refractivity contribution < 1.29 is 31.1 Å². The van der Waals surface area contributed by atoms with E-state index in [0.29, 0.717) is 18.2 Å². The number of ether oxygens (including phenoxy) is 1. The number of rotatable bonds is 3. The van der Waals surface area contributed by atoms with Gasteiger partial charge in [-0.3, -0.25) is 0 Å². The van der Waals surface area contributed by atoms with Crippen LogP contribution in [0.2, 0.25) is 5.02 Å². The molecular formula is C14H7ClF6O. The fourth-order valence-corrected chi connectivity index (χ4v) is 1.77. The van der Waals surface area contributed by atoms with Crippen molar-refractivity contribution in [2.24, 2.45) is 0 Å². The van der Waals surface area contributed by atoms with Crippen LogP contribution in [-0.2, 0) is 6.11 Å². The zero-order valence-electron chi connectivity index (χ0n) is 10.9. The molecule has 0 aromatic heterocycles. The molecule has 0 aliphatic heterocycles. The van der Waals surface area contributed by atoms with Gasteiger partial charge in [0.25, 0.3) is 0 Å². The van der Waals surface area contributed by atoms with Crippen LogP contribution in [0.5, 0.6) is 5.75 Å². The van der Waals surface area contributed by atoms with E-state index in [1.54, 1.807) is 0 Å². The Kier molecular flexibility index (Phi) is 4.28.